The molecule has 12 heteroatoms. The van der Waals surface area contributed by atoms with Gasteiger partial charge < -0.3 is 20.9 Å². The van der Waals surface area contributed by atoms with Crippen molar-refractivity contribution in [3.8, 4) is 17.3 Å². The van der Waals surface area contributed by atoms with Gasteiger partial charge in [-0.3, -0.25) is 19.5 Å². The van der Waals surface area contributed by atoms with Crippen LogP contribution < -0.4 is 11.1 Å². The number of amides is 2. The molecule has 0 aliphatic carbocycles. The molecule has 3 aromatic rings. The lowest BCUT2D eigenvalue weighted by atomic mass is 10.1. The van der Waals surface area contributed by atoms with E-state index >= 15 is 0 Å². The second-order valence-corrected chi connectivity index (χ2v) is 10.4. The minimum Gasteiger partial charge on any atom is -0.382 e. The number of nitrogens with one attached hydrogen (secondary N) is 1. The van der Waals surface area contributed by atoms with Gasteiger partial charge in [-0.1, -0.05) is 18.2 Å². The SMILES string of the molecule is CC(=O)Nc1ccc(-c2nc(C(S)c3cccc(CN4CCN(C(=O)CN(C)C)CC4)n3)nc(N)c2C#N)cc1. The maximum Gasteiger partial charge on any atom is 0.236 e. The molecule has 4 rings (SSSR count). The number of aromatic nitrogens is 3. The summed E-state index contributed by atoms with van der Waals surface area (Å²) in [6.45, 7) is 5.42. The molecule has 1 aliphatic rings. The molecule has 3 N–H and O–H groups in total. The monoisotopic (exact) mass is 559 g/mol. The fraction of sp³-hybridized carbons (Fsp3) is 0.357. The molecule has 1 unspecified atom stereocenters. The second kappa shape index (κ2) is 12.9. The molecule has 208 valence electrons. The van der Waals surface area contributed by atoms with E-state index in [2.05, 4.69) is 26.3 Å². The largest absolute Gasteiger partial charge is 0.382 e. The van der Waals surface area contributed by atoms with Gasteiger partial charge in [-0.2, -0.15) is 17.9 Å². The Bertz CT molecular complexity index is 1410. The maximum atomic E-state index is 12.4. The van der Waals surface area contributed by atoms with Gasteiger partial charge in [0.15, 0.2) is 0 Å². The molecular formula is C28H33N9O2S. The first-order valence-electron chi connectivity index (χ1n) is 12.9. The van der Waals surface area contributed by atoms with E-state index in [-0.39, 0.29) is 23.2 Å². The molecule has 1 fully saturated rings. The predicted molar refractivity (Wildman–Crippen MR) is 156 cm³/mol. The van der Waals surface area contributed by atoms with Crippen molar-refractivity contribution in [3.63, 3.8) is 0 Å². The summed E-state index contributed by atoms with van der Waals surface area (Å²) in [6.07, 6.45) is 0. The predicted octanol–water partition coefficient (Wildman–Crippen LogP) is 2.18. The highest BCUT2D eigenvalue weighted by Crippen LogP contribution is 2.31. The van der Waals surface area contributed by atoms with Crippen molar-refractivity contribution in [2.45, 2.75) is 18.7 Å². The summed E-state index contributed by atoms with van der Waals surface area (Å²) in [5.74, 6) is 0.361. The van der Waals surface area contributed by atoms with E-state index < -0.39 is 5.25 Å². The minimum atomic E-state index is -0.576. The number of piperazine rings is 1. The van der Waals surface area contributed by atoms with Crippen molar-refractivity contribution in [2.24, 2.45) is 0 Å². The molecule has 0 bridgehead atoms. The molecule has 2 aromatic heterocycles. The molecule has 1 aromatic carbocycles. The van der Waals surface area contributed by atoms with E-state index in [1.165, 1.54) is 6.92 Å². The smallest absolute Gasteiger partial charge is 0.236 e. The van der Waals surface area contributed by atoms with Gasteiger partial charge in [-0.05, 0) is 38.4 Å². The van der Waals surface area contributed by atoms with E-state index in [1.807, 2.05) is 42.1 Å². The van der Waals surface area contributed by atoms with Gasteiger partial charge in [-0.15, -0.1) is 0 Å². The summed E-state index contributed by atoms with van der Waals surface area (Å²) >= 11 is 4.77. The third-order valence-corrected chi connectivity index (χ3v) is 6.96. The van der Waals surface area contributed by atoms with E-state index in [4.69, 9.17) is 23.3 Å². The third-order valence-electron chi connectivity index (χ3n) is 6.46. The number of benzene rings is 1. The molecule has 0 saturated carbocycles. The van der Waals surface area contributed by atoms with Crippen LogP contribution in [0.25, 0.3) is 11.3 Å². The summed E-state index contributed by atoms with van der Waals surface area (Å²) in [5.41, 5.74) is 9.55. The fourth-order valence-corrected chi connectivity index (χ4v) is 4.74. The average molecular weight is 560 g/mol. The molecule has 2 amide bonds. The summed E-state index contributed by atoms with van der Waals surface area (Å²) < 4.78 is 0. The van der Waals surface area contributed by atoms with E-state index in [0.29, 0.717) is 54.6 Å². The number of hydrogen-bond acceptors (Lipinski definition) is 10. The van der Waals surface area contributed by atoms with E-state index in [1.54, 1.807) is 24.3 Å². The maximum absolute atomic E-state index is 12.4. The first-order chi connectivity index (χ1) is 19.1. The number of carbonyl (C=O) groups is 2. The lowest BCUT2D eigenvalue weighted by molar-refractivity contribution is -0.133. The van der Waals surface area contributed by atoms with Crippen molar-refractivity contribution in [3.05, 3.63) is 65.2 Å². The van der Waals surface area contributed by atoms with Crippen LogP contribution in [0.3, 0.4) is 0 Å². The molecule has 1 aliphatic heterocycles. The van der Waals surface area contributed by atoms with E-state index in [9.17, 15) is 14.9 Å². The van der Waals surface area contributed by atoms with Crippen molar-refractivity contribution >= 4 is 35.9 Å². The molecule has 1 saturated heterocycles. The number of carbonyl (C=O) groups excluding carboxylic acids is 2. The average Bonchev–Trinajstić information content (AvgIpc) is 2.92. The highest BCUT2D eigenvalue weighted by Gasteiger charge is 2.23. The number of nitrogens with two attached hydrogens (primary N) is 1. The lowest BCUT2D eigenvalue weighted by Crippen LogP contribution is -2.50. The molecule has 11 nitrogen and oxygen atoms in total. The fourth-order valence-electron chi connectivity index (χ4n) is 4.48. The number of anilines is 2. The van der Waals surface area contributed by atoms with Gasteiger partial charge in [0.1, 0.15) is 28.5 Å². The molecule has 0 spiro atoms. The Balaban J connectivity index is 1.50. The van der Waals surface area contributed by atoms with Crippen molar-refractivity contribution < 1.29 is 9.59 Å². The highest BCUT2D eigenvalue weighted by atomic mass is 32.1. The summed E-state index contributed by atoms with van der Waals surface area (Å²) in [5, 5.41) is 11.9. The number of nitrogens with zero attached hydrogens (tertiary/aromatic N) is 7. The molecule has 0 radical (unpaired) electrons. The Labute approximate surface area is 239 Å². The van der Waals surface area contributed by atoms with Gasteiger partial charge in [0.05, 0.1) is 23.6 Å². The second-order valence-electron chi connectivity index (χ2n) is 9.91. The van der Waals surface area contributed by atoms with Crippen molar-refractivity contribution in [2.75, 3.05) is 57.9 Å². The van der Waals surface area contributed by atoms with E-state index in [0.717, 1.165) is 18.8 Å². The van der Waals surface area contributed by atoms with Crippen LogP contribution in [0.5, 0.6) is 0 Å². The Morgan fingerprint density at radius 3 is 2.42 bits per heavy atom. The van der Waals surface area contributed by atoms with Gasteiger partial charge in [0.25, 0.3) is 0 Å². The van der Waals surface area contributed by atoms with Crippen LogP contribution in [0.15, 0.2) is 42.5 Å². The molecular weight excluding hydrogens is 526 g/mol. The zero-order valence-electron chi connectivity index (χ0n) is 22.8. The summed E-state index contributed by atoms with van der Waals surface area (Å²) in [6, 6.07) is 14.8. The standard InChI is InChI=1S/C28H33N9O2S/c1-18(38)31-20-9-7-19(8-10-20)25-22(15-29)27(30)34-28(33-25)26(40)23-6-4-5-21(32-23)16-36-11-13-37(14-12-36)24(39)17-35(2)3/h4-10,26,40H,11-14,16-17H2,1-3H3,(H,31,38)(H2,30,33,34). The van der Waals surface area contributed by atoms with Crippen molar-refractivity contribution in [1.29, 1.82) is 5.26 Å². The highest BCUT2D eigenvalue weighted by molar-refractivity contribution is 7.80. The van der Waals surface area contributed by atoms with Crippen LogP contribution in [-0.4, -0.2) is 88.3 Å². The molecule has 1 atom stereocenters. The zero-order valence-corrected chi connectivity index (χ0v) is 23.7. The third kappa shape index (κ3) is 7.12. The first-order valence-corrected chi connectivity index (χ1v) is 13.4. The number of likely N-dealkylation sites (N-methyl/N-ethyl adjacent to an activating group) is 1. The minimum absolute atomic E-state index is 0.0605. The Hall–Kier alpha value is -4.05. The van der Waals surface area contributed by atoms with Crippen LogP contribution in [-0.2, 0) is 16.1 Å². The number of pyridine rings is 1. The Kier molecular flexibility index (Phi) is 9.31. The Morgan fingerprint density at radius 1 is 1.10 bits per heavy atom. The molecule has 3 heterocycles. The lowest BCUT2D eigenvalue weighted by Gasteiger charge is -2.35. The molecule has 40 heavy (non-hydrogen) atoms. The summed E-state index contributed by atoms with van der Waals surface area (Å²) in [7, 11) is 3.79. The normalized spacial score (nSPS) is 14.6. The number of rotatable bonds is 8. The summed E-state index contributed by atoms with van der Waals surface area (Å²) in [4.78, 5) is 43.6. The van der Waals surface area contributed by atoms with Gasteiger partial charge in [0, 0.05) is 50.9 Å². The van der Waals surface area contributed by atoms with Crippen LogP contribution >= 0.6 is 12.6 Å². The number of thiol groups is 1. The number of nitriles is 1. The quantitative estimate of drug-likeness (QED) is 0.354. The zero-order chi connectivity index (χ0) is 28.8. The Morgan fingerprint density at radius 2 is 1.80 bits per heavy atom. The van der Waals surface area contributed by atoms with Crippen LogP contribution in [0.2, 0.25) is 0 Å². The number of hydrogen-bond donors (Lipinski definition) is 3. The van der Waals surface area contributed by atoms with Crippen LogP contribution in [0.4, 0.5) is 11.5 Å². The van der Waals surface area contributed by atoms with Gasteiger partial charge >= 0.3 is 0 Å². The van der Waals surface area contributed by atoms with Crippen LogP contribution in [0, 0.1) is 11.3 Å². The number of nitrogen functional groups attached to an aromatic ring is 1. The van der Waals surface area contributed by atoms with Gasteiger partial charge in [0.2, 0.25) is 11.8 Å². The van der Waals surface area contributed by atoms with Crippen molar-refractivity contribution in [1.82, 2.24) is 29.7 Å². The first kappa shape index (κ1) is 28.9. The topological polar surface area (TPSA) is 144 Å². The van der Waals surface area contributed by atoms with Crippen LogP contribution in [0.1, 0.15) is 34.9 Å². The van der Waals surface area contributed by atoms with Gasteiger partial charge in [-0.25, -0.2) is 9.97 Å².